The fourth-order valence-corrected chi connectivity index (χ4v) is 3.24. The van der Waals surface area contributed by atoms with Crippen molar-refractivity contribution < 1.29 is 14.3 Å². The molecule has 2 aliphatic heterocycles. The standard InChI is InChI=1S/C17H24N2O3/c1-16(2,3)22-15(20)19-8-6-17(7-9-19)11-21-14-5-4-12(18)10-13(14)17/h4-5,10H,6-9,11,18H2,1-3H3. The number of nitrogens with two attached hydrogens (primary N) is 1. The van der Waals surface area contributed by atoms with E-state index < -0.39 is 5.60 Å². The van der Waals surface area contributed by atoms with Crippen molar-refractivity contribution in [3.63, 3.8) is 0 Å². The first-order chi connectivity index (χ1) is 10.3. The van der Waals surface area contributed by atoms with E-state index in [1.807, 2.05) is 39.0 Å². The van der Waals surface area contributed by atoms with Crippen molar-refractivity contribution in [1.29, 1.82) is 0 Å². The fourth-order valence-electron chi connectivity index (χ4n) is 3.24. The van der Waals surface area contributed by atoms with Gasteiger partial charge in [-0.3, -0.25) is 0 Å². The number of fused-ring (bicyclic) bond motifs is 2. The molecule has 3 rings (SSSR count). The van der Waals surface area contributed by atoms with Gasteiger partial charge in [0.2, 0.25) is 0 Å². The zero-order valence-electron chi connectivity index (χ0n) is 13.5. The molecule has 1 saturated heterocycles. The summed E-state index contributed by atoms with van der Waals surface area (Å²) >= 11 is 0. The van der Waals surface area contributed by atoms with E-state index in [0.29, 0.717) is 19.7 Å². The summed E-state index contributed by atoms with van der Waals surface area (Å²) in [6, 6.07) is 5.83. The van der Waals surface area contributed by atoms with Gasteiger partial charge in [-0.2, -0.15) is 0 Å². The van der Waals surface area contributed by atoms with Crippen LogP contribution in [0.4, 0.5) is 10.5 Å². The van der Waals surface area contributed by atoms with Crippen LogP contribution >= 0.6 is 0 Å². The lowest BCUT2D eigenvalue weighted by atomic mass is 9.74. The van der Waals surface area contributed by atoms with Crippen LogP contribution in [0, 0.1) is 0 Å². The molecule has 5 heteroatoms. The molecule has 1 spiro atoms. The Kier molecular flexibility index (Phi) is 3.46. The predicted octanol–water partition coefficient (Wildman–Crippen LogP) is 2.93. The van der Waals surface area contributed by atoms with E-state index in [0.717, 1.165) is 24.3 Å². The summed E-state index contributed by atoms with van der Waals surface area (Å²) in [6.45, 7) is 7.72. The number of anilines is 1. The van der Waals surface area contributed by atoms with Gasteiger partial charge in [0, 0.05) is 29.8 Å². The Bertz CT molecular complexity index is 584. The lowest BCUT2D eigenvalue weighted by Crippen LogP contribution is -2.47. The van der Waals surface area contributed by atoms with Crippen LogP contribution in [-0.4, -0.2) is 36.3 Å². The first-order valence-corrected chi connectivity index (χ1v) is 7.80. The number of likely N-dealkylation sites (tertiary alicyclic amines) is 1. The molecule has 0 saturated carbocycles. The van der Waals surface area contributed by atoms with Gasteiger partial charge in [-0.1, -0.05) is 0 Å². The molecular formula is C17H24N2O3. The van der Waals surface area contributed by atoms with Gasteiger partial charge in [0.1, 0.15) is 11.4 Å². The number of piperidine rings is 1. The number of benzene rings is 1. The molecule has 1 fully saturated rings. The van der Waals surface area contributed by atoms with Gasteiger partial charge in [-0.05, 0) is 51.8 Å². The Morgan fingerprint density at radius 3 is 2.64 bits per heavy atom. The molecule has 22 heavy (non-hydrogen) atoms. The predicted molar refractivity (Wildman–Crippen MR) is 85.1 cm³/mol. The molecular weight excluding hydrogens is 280 g/mol. The van der Waals surface area contributed by atoms with Gasteiger partial charge in [-0.25, -0.2) is 4.79 Å². The first-order valence-electron chi connectivity index (χ1n) is 7.80. The molecule has 2 heterocycles. The van der Waals surface area contributed by atoms with Crippen molar-refractivity contribution in [2.45, 2.75) is 44.6 Å². The highest BCUT2D eigenvalue weighted by molar-refractivity contribution is 5.68. The Balaban J connectivity index is 1.71. The van der Waals surface area contributed by atoms with Crippen LogP contribution in [0.1, 0.15) is 39.2 Å². The van der Waals surface area contributed by atoms with Crippen molar-refractivity contribution in [3.05, 3.63) is 23.8 Å². The highest BCUT2D eigenvalue weighted by Gasteiger charge is 2.44. The molecule has 1 amide bonds. The zero-order chi connectivity index (χ0) is 16.0. The van der Waals surface area contributed by atoms with Gasteiger partial charge < -0.3 is 20.1 Å². The average molecular weight is 304 g/mol. The molecule has 120 valence electrons. The summed E-state index contributed by atoms with van der Waals surface area (Å²) in [5.41, 5.74) is 7.41. The molecule has 0 aromatic heterocycles. The quantitative estimate of drug-likeness (QED) is 0.748. The zero-order valence-corrected chi connectivity index (χ0v) is 13.5. The van der Waals surface area contributed by atoms with Crippen LogP contribution in [0.25, 0.3) is 0 Å². The maximum atomic E-state index is 12.2. The van der Waals surface area contributed by atoms with Crippen molar-refractivity contribution >= 4 is 11.8 Å². The molecule has 2 N–H and O–H groups in total. The number of carbonyl (C=O) groups is 1. The minimum Gasteiger partial charge on any atom is -0.492 e. The Labute approximate surface area is 131 Å². The third kappa shape index (κ3) is 2.72. The summed E-state index contributed by atoms with van der Waals surface area (Å²) in [4.78, 5) is 14.0. The second-order valence-corrected chi connectivity index (χ2v) is 7.29. The molecule has 2 aliphatic rings. The highest BCUT2D eigenvalue weighted by Crippen LogP contribution is 2.46. The third-order valence-electron chi connectivity index (χ3n) is 4.45. The lowest BCUT2D eigenvalue weighted by Gasteiger charge is -2.38. The van der Waals surface area contributed by atoms with Crippen LogP contribution in [0.3, 0.4) is 0 Å². The maximum Gasteiger partial charge on any atom is 0.410 e. The molecule has 0 radical (unpaired) electrons. The fraction of sp³-hybridized carbons (Fsp3) is 0.588. The smallest absolute Gasteiger partial charge is 0.410 e. The molecule has 1 aromatic rings. The normalized spacial score (nSPS) is 19.7. The van der Waals surface area contributed by atoms with Gasteiger partial charge in [0.05, 0.1) is 6.61 Å². The third-order valence-corrected chi connectivity index (χ3v) is 4.45. The Hall–Kier alpha value is -1.91. The summed E-state index contributed by atoms with van der Waals surface area (Å²) in [5, 5.41) is 0. The number of nitrogens with zero attached hydrogens (tertiary/aromatic N) is 1. The molecule has 0 atom stereocenters. The maximum absolute atomic E-state index is 12.2. The number of nitrogen functional groups attached to an aromatic ring is 1. The minimum absolute atomic E-state index is 0.0107. The SMILES string of the molecule is CC(C)(C)OC(=O)N1CCC2(CC1)COc1ccc(N)cc12. The van der Waals surface area contributed by atoms with Gasteiger partial charge >= 0.3 is 6.09 Å². The van der Waals surface area contributed by atoms with E-state index >= 15 is 0 Å². The number of hydrogen-bond donors (Lipinski definition) is 1. The Morgan fingerprint density at radius 1 is 1.32 bits per heavy atom. The summed E-state index contributed by atoms with van der Waals surface area (Å²) < 4.78 is 11.3. The van der Waals surface area contributed by atoms with E-state index in [1.54, 1.807) is 4.90 Å². The van der Waals surface area contributed by atoms with E-state index in [9.17, 15) is 4.79 Å². The minimum atomic E-state index is -0.455. The summed E-state index contributed by atoms with van der Waals surface area (Å²) in [6.07, 6.45) is 1.53. The largest absolute Gasteiger partial charge is 0.492 e. The number of carbonyl (C=O) groups excluding carboxylic acids is 1. The average Bonchev–Trinajstić information content (AvgIpc) is 2.76. The number of ether oxygens (including phenoxy) is 2. The monoisotopic (exact) mass is 304 g/mol. The molecule has 5 nitrogen and oxygen atoms in total. The van der Waals surface area contributed by atoms with Crippen molar-refractivity contribution in [3.8, 4) is 5.75 Å². The second-order valence-electron chi connectivity index (χ2n) is 7.29. The van der Waals surface area contributed by atoms with E-state index in [1.165, 1.54) is 5.56 Å². The van der Waals surface area contributed by atoms with Gasteiger partial charge in [-0.15, -0.1) is 0 Å². The Morgan fingerprint density at radius 2 is 2.00 bits per heavy atom. The highest BCUT2D eigenvalue weighted by atomic mass is 16.6. The summed E-state index contributed by atoms with van der Waals surface area (Å²) in [7, 11) is 0. The van der Waals surface area contributed by atoms with Gasteiger partial charge in [0.15, 0.2) is 0 Å². The van der Waals surface area contributed by atoms with Gasteiger partial charge in [0.25, 0.3) is 0 Å². The van der Waals surface area contributed by atoms with Crippen molar-refractivity contribution in [1.82, 2.24) is 4.90 Å². The molecule has 0 unspecified atom stereocenters. The van der Waals surface area contributed by atoms with Crippen molar-refractivity contribution in [2.75, 3.05) is 25.4 Å². The summed E-state index contributed by atoms with van der Waals surface area (Å²) in [5.74, 6) is 0.930. The number of rotatable bonds is 0. The van der Waals surface area contributed by atoms with Crippen LogP contribution < -0.4 is 10.5 Å². The van der Waals surface area contributed by atoms with Crippen LogP contribution in [0.2, 0.25) is 0 Å². The van der Waals surface area contributed by atoms with E-state index in [-0.39, 0.29) is 11.5 Å². The number of hydrogen-bond acceptors (Lipinski definition) is 4. The first kappa shape index (κ1) is 15.0. The van der Waals surface area contributed by atoms with Crippen LogP contribution in [0.5, 0.6) is 5.75 Å². The van der Waals surface area contributed by atoms with Crippen LogP contribution in [-0.2, 0) is 10.2 Å². The molecule has 1 aromatic carbocycles. The molecule has 0 aliphatic carbocycles. The lowest BCUT2D eigenvalue weighted by molar-refractivity contribution is 0.0152. The van der Waals surface area contributed by atoms with E-state index in [4.69, 9.17) is 15.2 Å². The second kappa shape index (κ2) is 5.07. The number of amides is 1. The van der Waals surface area contributed by atoms with E-state index in [2.05, 4.69) is 0 Å². The molecule has 0 bridgehead atoms. The topological polar surface area (TPSA) is 64.8 Å². The van der Waals surface area contributed by atoms with Crippen LogP contribution in [0.15, 0.2) is 18.2 Å². The van der Waals surface area contributed by atoms with Crippen molar-refractivity contribution in [2.24, 2.45) is 0 Å².